The molecule has 0 unspecified atom stereocenters. The fourth-order valence-electron chi connectivity index (χ4n) is 2.99. The fraction of sp³-hybridized carbons (Fsp3) is 0.136. The van der Waals surface area contributed by atoms with Crippen LogP contribution in [0.2, 0.25) is 0 Å². The van der Waals surface area contributed by atoms with Crippen molar-refractivity contribution in [1.29, 1.82) is 5.26 Å². The van der Waals surface area contributed by atoms with E-state index in [1.54, 1.807) is 18.5 Å². The Kier molecular flexibility index (Phi) is 5.48. The lowest BCUT2D eigenvalue weighted by atomic mass is 10.1. The van der Waals surface area contributed by atoms with Crippen molar-refractivity contribution in [2.45, 2.75) is 20.4 Å². The van der Waals surface area contributed by atoms with Crippen LogP contribution in [0.15, 0.2) is 66.5 Å². The molecule has 1 amide bonds. The number of nitrogens with one attached hydrogen (secondary N) is 1. The van der Waals surface area contributed by atoms with Gasteiger partial charge in [-0.3, -0.25) is 9.78 Å². The number of benzene rings is 1. The van der Waals surface area contributed by atoms with E-state index in [1.807, 2.05) is 68.4 Å². The highest BCUT2D eigenvalue weighted by atomic mass is 16.1. The molecule has 0 saturated heterocycles. The minimum atomic E-state index is -0.382. The van der Waals surface area contributed by atoms with E-state index in [0.29, 0.717) is 6.54 Å². The molecule has 0 radical (unpaired) electrons. The lowest BCUT2D eigenvalue weighted by Gasteiger charge is -2.08. The van der Waals surface area contributed by atoms with Gasteiger partial charge in [-0.25, -0.2) is 0 Å². The molecule has 2 aromatic heterocycles. The molecule has 0 aliphatic heterocycles. The molecule has 0 aliphatic rings. The summed E-state index contributed by atoms with van der Waals surface area (Å²) in [7, 11) is 0. The van der Waals surface area contributed by atoms with Crippen LogP contribution in [0, 0.1) is 25.2 Å². The van der Waals surface area contributed by atoms with Gasteiger partial charge in [-0.15, -0.1) is 0 Å². The normalized spacial score (nSPS) is 11.1. The maximum Gasteiger partial charge on any atom is 0.262 e. The van der Waals surface area contributed by atoms with Crippen LogP contribution in [0.1, 0.15) is 22.5 Å². The molecule has 134 valence electrons. The van der Waals surface area contributed by atoms with Crippen LogP contribution in [-0.2, 0) is 11.3 Å². The number of aryl methyl sites for hydroxylation is 1. The monoisotopic (exact) mass is 356 g/mol. The zero-order valence-corrected chi connectivity index (χ0v) is 15.3. The Morgan fingerprint density at radius 1 is 1.22 bits per heavy atom. The maximum absolute atomic E-state index is 12.4. The first kappa shape index (κ1) is 18.2. The van der Waals surface area contributed by atoms with E-state index >= 15 is 0 Å². The smallest absolute Gasteiger partial charge is 0.262 e. The summed E-state index contributed by atoms with van der Waals surface area (Å²) in [6.45, 7) is 4.33. The second kappa shape index (κ2) is 8.15. The average molecular weight is 356 g/mol. The highest BCUT2D eigenvalue weighted by Crippen LogP contribution is 2.22. The molecule has 1 aromatic carbocycles. The highest BCUT2D eigenvalue weighted by molar-refractivity contribution is 6.01. The van der Waals surface area contributed by atoms with Crippen LogP contribution in [0.25, 0.3) is 11.8 Å². The van der Waals surface area contributed by atoms with Crippen LogP contribution in [-0.4, -0.2) is 15.5 Å². The Morgan fingerprint density at radius 3 is 2.67 bits per heavy atom. The Bertz CT molecular complexity index is 1010. The Hall–Kier alpha value is -3.65. The topological polar surface area (TPSA) is 70.7 Å². The van der Waals surface area contributed by atoms with Gasteiger partial charge in [-0.1, -0.05) is 30.3 Å². The van der Waals surface area contributed by atoms with Crippen molar-refractivity contribution in [3.8, 4) is 11.8 Å². The lowest BCUT2D eigenvalue weighted by molar-refractivity contribution is -0.117. The molecule has 3 rings (SSSR count). The minimum absolute atomic E-state index is 0.0809. The molecule has 1 N–H and O–H groups in total. The molecule has 0 spiro atoms. The standard InChI is InChI=1S/C22H20N4O/c1-16-11-19(17(2)26(16)21-9-6-10-24-15-21)12-20(13-23)22(27)25-14-18-7-4-3-5-8-18/h3-12,15H,14H2,1-2H3,(H,25,27)/b20-12-. The molecular formula is C22H20N4O. The van der Waals surface area contributed by atoms with Gasteiger partial charge in [0.2, 0.25) is 0 Å². The van der Waals surface area contributed by atoms with Gasteiger partial charge in [0.1, 0.15) is 11.6 Å². The molecule has 2 heterocycles. The third kappa shape index (κ3) is 4.13. The zero-order chi connectivity index (χ0) is 19.2. The van der Waals surface area contributed by atoms with Crippen molar-refractivity contribution in [2.24, 2.45) is 0 Å². The van der Waals surface area contributed by atoms with Gasteiger partial charge in [0.05, 0.1) is 11.9 Å². The molecule has 0 fully saturated rings. The van der Waals surface area contributed by atoms with E-state index in [9.17, 15) is 10.1 Å². The predicted molar refractivity (Wildman–Crippen MR) is 105 cm³/mol. The Labute approximate surface area is 158 Å². The summed E-state index contributed by atoms with van der Waals surface area (Å²) in [4.78, 5) is 16.6. The summed E-state index contributed by atoms with van der Waals surface area (Å²) in [6.07, 6.45) is 5.14. The summed E-state index contributed by atoms with van der Waals surface area (Å²) in [5.74, 6) is -0.382. The number of carbonyl (C=O) groups excluding carboxylic acids is 1. The van der Waals surface area contributed by atoms with E-state index in [1.165, 1.54) is 0 Å². The lowest BCUT2D eigenvalue weighted by Crippen LogP contribution is -2.23. The summed E-state index contributed by atoms with van der Waals surface area (Å²) in [5, 5.41) is 12.2. The van der Waals surface area contributed by atoms with Gasteiger partial charge in [0.25, 0.3) is 5.91 Å². The van der Waals surface area contributed by atoms with E-state index in [-0.39, 0.29) is 11.5 Å². The molecule has 0 atom stereocenters. The summed E-state index contributed by atoms with van der Waals surface area (Å²) in [6, 6.07) is 17.4. The van der Waals surface area contributed by atoms with Gasteiger partial charge in [0.15, 0.2) is 0 Å². The largest absolute Gasteiger partial charge is 0.347 e. The summed E-state index contributed by atoms with van der Waals surface area (Å²) < 4.78 is 2.05. The van der Waals surface area contributed by atoms with Crippen LogP contribution < -0.4 is 5.32 Å². The molecule has 0 saturated carbocycles. The van der Waals surface area contributed by atoms with Gasteiger partial charge in [-0.05, 0) is 49.2 Å². The van der Waals surface area contributed by atoms with Crippen LogP contribution >= 0.6 is 0 Å². The van der Waals surface area contributed by atoms with Gasteiger partial charge >= 0.3 is 0 Å². The van der Waals surface area contributed by atoms with Crippen molar-refractivity contribution in [1.82, 2.24) is 14.9 Å². The molecule has 3 aromatic rings. The minimum Gasteiger partial charge on any atom is -0.347 e. The van der Waals surface area contributed by atoms with Crippen LogP contribution in [0.3, 0.4) is 0 Å². The number of nitriles is 1. The van der Waals surface area contributed by atoms with Gasteiger partial charge in [-0.2, -0.15) is 5.26 Å². The number of carbonyl (C=O) groups is 1. The first-order chi connectivity index (χ1) is 13.1. The second-order valence-electron chi connectivity index (χ2n) is 6.21. The highest BCUT2D eigenvalue weighted by Gasteiger charge is 2.13. The number of hydrogen-bond donors (Lipinski definition) is 1. The van der Waals surface area contributed by atoms with Crippen molar-refractivity contribution in [3.05, 3.63) is 89.0 Å². The SMILES string of the molecule is Cc1cc(/C=C(/C#N)C(=O)NCc2ccccc2)c(C)n1-c1cccnc1. The number of hydrogen-bond acceptors (Lipinski definition) is 3. The Morgan fingerprint density at radius 2 is 2.00 bits per heavy atom. The number of nitrogens with zero attached hydrogens (tertiary/aromatic N) is 3. The van der Waals surface area contributed by atoms with Crippen molar-refractivity contribution in [3.63, 3.8) is 0 Å². The molecule has 0 bridgehead atoms. The number of rotatable bonds is 5. The van der Waals surface area contributed by atoms with E-state index < -0.39 is 0 Å². The van der Waals surface area contributed by atoms with Gasteiger partial charge in [0, 0.05) is 24.1 Å². The van der Waals surface area contributed by atoms with E-state index in [0.717, 1.165) is 28.2 Å². The quantitative estimate of drug-likeness (QED) is 0.559. The molecule has 5 nitrogen and oxygen atoms in total. The third-order valence-corrected chi connectivity index (χ3v) is 4.34. The summed E-state index contributed by atoms with van der Waals surface area (Å²) >= 11 is 0. The number of aromatic nitrogens is 2. The van der Waals surface area contributed by atoms with Crippen LogP contribution in [0.4, 0.5) is 0 Å². The Balaban J connectivity index is 1.84. The number of amides is 1. The number of pyridine rings is 1. The van der Waals surface area contributed by atoms with E-state index in [2.05, 4.69) is 14.9 Å². The first-order valence-corrected chi connectivity index (χ1v) is 8.63. The maximum atomic E-state index is 12.4. The van der Waals surface area contributed by atoms with Crippen LogP contribution in [0.5, 0.6) is 0 Å². The van der Waals surface area contributed by atoms with Crippen molar-refractivity contribution < 1.29 is 4.79 Å². The predicted octanol–water partition coefficient (Wildman–Crippen LogP) is 3.71. The van der Waals surface area contributed by atoms with E-state index in [4.69, 9.17) is 0 Å². The second-order valence-corrected chi connectivity index (χ2v) is 6.21. The molecule has 5 heteroatoms. The molecular weight excluding hydrogens is 336 g/mol. The van der Waals surface area contributed by atoms with Crippen molar-refractivity contribution in [2.75, 3.05) is 0 Å². The summed E-state index contributed by atoms with van der Waals surface area (Å²) in [5.41, 5.74) is 4.80. The average Bonchev–Trinajstić information content (AvgIpc) is 2.98. The van der Waals surface area contributed by atoms with Crippen molar-refractivity contribution >= 4 is 12.0 Å². The fourth-order valence-corrected chi connectivity index (χ4v) is 2.99. The zero-order valence-electron chi connectivity index (χ0n) is 15.3. The first-order valence-electron chi connectivity index (χ1n) is 8.63. The molecule has 0 aliphatic carbocycles. The molecule has 27 heavy (non-hydrogen) atoms. The third-order valence-electron chi connectivity index (χ3n) is 4.34. The van der Waals surface area contributed by atoms with Gasteiger partial charge < -0.3 is 9.88 Å².